The summed E-state index contributed by atoms with van der Waals surface area (Å²) in [5, 5.41) is 11.6. The lowest BCUT2D eigenvalue weighted by Crippen LogP contribution is -2.30. The van der Waals surface area contributed by atoms with E-state index >= 15 is 0 Å². The summed E-state index contributed by atoms with van der Waals surface area (Å²) >= 11 is 0. The Morgan fingerprint density at radius 3 is 2.61 bits per heavy atom. The van der Waals surface area contributed by atoms with Crippen molar-refractivity contribution in [2.24, 2.45) is 0 Å². The summed E-state index contributed by atoms with van der Waals surface area (Å²) in [5.41, 5.74) is 1.52. The summed E-state index contributed by atoms with van der Waals surface area (Å²) in [6.45, 7) is 3.08. The number of benzene rings is 2. The lowest BCUT2D eigenvalue weighted by atomic mass is 10.1. The van der Waals surface area contributed by atoms with E-state index in [0.717, 1.165) is 0 Å². The first-order valence-electron chi connectivity index (χ1n) is 7.08. The van der Waals surface area contributed by atoms with Crippen LogP contribution in [0.3, 0.4) is 0 Å². The highest BCUT2D eigenvalue weighted by Gasteiger charge is 2.15. The fourth-order valence-corrected chi connectivity index (χ4v) is 1.96. The highest BCUT2D eigenvalue weighted by Crippen LogP contribution is 2.16. The first-order valence-corrected chi connectivity index (χ1v) is 7.08. The van der Waals surface area contributed by atoms with Gasteiger partial charge < -0.3 is 10.1 Å². The highest BCUT2D eigenvalue weighted by molar-refractivity contribution is 5.98. The molecule has 0 aliphatic heterocycles. The predicted octanol–water partition coefficient (Wildman–Crippen LogP) is 3.17. The van der Waals surface area contributed by atoms with Gasteiger partial charge in [-0.2, -0.15) is 5.26 Å². The lowest BCUT2D eigenvalue weighted by molar-refractivity contribution is -0.122. The molecule has 0 heterocycles. The third-order valence-corrected chi connectivity index (χ3v) is 3.18. The van der Waals surface area contributed by atoms with Gasteiger partial charge in [0, 0.05) is 11.3 Å². The molecule has 23 heavy (non-hydrogen) atoms. The fraction of sp³-hybridized carbons (Fsp3) is 0.167. The fourth-order valence-electron chi connectivity index (χ4n) is 1.96. The van der Waals surface area contributed by atoms with Crippen LogP contribution in [0.4, 0.5) is 5.69 Å². The number of hydrogen-bond donors (Lipinski definition) is 1. The zero-order valence-corrected chi connectivity index (χ0v) is 12.9. The topological polar surface area (TPSA) is 79.2 Å². The smallest absolute Gasteiger partial charge is 0.265 e. The number of nitrogens with one attached hydrogen (secondary N) is 1. The van der Waals surface area contributed by atoms with Crippen molar-refractivity contribution < 1.29 is 14.3 Å². The van der Waals surface area contributed by atoms with Gasteiger partial charge in [0.15, 0.2) is 11.9 Å². The number of carbonyl (C=O) groups excluding carboxylic acids is 2. The largest absolute Gasteiger partial charge is 0.481 e. The molecule has 0 fully saturated rings. The van der Waals surface area contributed by atoms with Gasteiger partial charge in [-0.3, -0.25) is 9.59 Å². The monoisotopic (exact) mass is 308 g/mol. The Kier molecular flexibility index (Phi) is 5.11. The Morgan fingerprint density at radius 1 is 1.17 bits per heavy atom. The first kappa shape index (κ1) is 16.2. The molecule has 1 atom stereocenters. The van der Waals surface area contributed by atoms with Crippen molar-refractivity contribution in [3.8, 4) is 11.8 Å². The molecule has 116 valence electrons. The number of nitriles is 1. The van der Waals surface area contributed by atoms with E-state index in [1.807, 2.05) is 6.07 Å². The van der Waals surface area contributed by atoms with Gasteiger partial charge in [-0.1, -0.05) is 18.2 Å². The van der Waals surface area contributed by atoms with Crippen LogP contribution >= 0.6 is 0 Å². The molecule has 0 saturated carbocycles. The van der Waals surface area contributed by atoms with Gasteiger partial charge in [-0.05, 0) is 44.2 Å². The van der Waals surface area contributed by atoms with E-state index in [0.29, 0.717) is 22.6 Å². The van der Waals surface area contributed by atoms with Crippen LogP contribution in [-0.4, -0.2) is 17.8 Å². The number of anilines is 1. The van der Waals surface area contributed by atoms with Crippen LogP contribution in [-0.2, 0) is 4.79 Å². The molecule has 2 rings (SSSR count). The number of carbonyl (C=O) groups is 2. The third-order valence-electron chi connectivity index (χ3n) is 3.18. The second kappa shape index (κ2) is 7.23. The standard InChI is InChI=1S/C18H16N2O3/c1-12(21)15-6-4-7-16(10-15)20-18(22)13(2)23-17-8-3-5-14(9-17)11-19/h3-10,13H,1-2H3,(H,20,22)/t13-/m1/s1. The predicted molar refractivity (Wildman–Crippen MR) is 86.3 cm³/mol. The molecule has 2 aromatic carbocycles. The maximum atomic E-state index is 12.2. The van der Waals surface area contributed by atoms with Crippen molar-refractivity contribution in [1.29, 1.82) is 5.26 Å². The molecule has 0 aliphatic carbocycles. The zero-order chi connectivity index (χ0) is 16.8. The quantitative estimate of drug-likeness (QED) is 0.860. The number of ether oxygens (including phenoxy) is 1. The van der Waals surface area contributed by atoms with Crippen molar-refractivity contribution in [2.75, 3.05) is 5.32 Å². The van der Waals surface area contributed by atoms with Gasteiger partial charge in [-0.15, -0.1) is 0 Å². The minimum Gasteiger partial charge on any atom is -0.481 e. The molecular weight excluding hydrogens is 292 g/mol. The Labute approximate surface area is 134 Å². The van der Waals surface area contributed by atoms with Crippen molar-refractivity contribution in [3.63, 3.8) is 0 Å². The van der Waals surface area contributed by atoms with Crippen LogP contribution in [0.15, 0.2) is 48.5 Å². The molecular formula is C18H16N2O3. The van der Waals surface area contributed by atoms with Gasteiger partial charge in [0.2, 0.25) is 0 Å². The summed E-state index contributed by atoms with van der Waals surface area (Å²) < 4.78 is 5.54. The molecule has 1 N–H and O–H groups in total. The van der Waals surface area contributed by atoms with Gasteiger partial charge in [0.1, 0.15) is 5.75 Å². The lowest BCUT2D eigenvalue weighted by Gasteiger charge is -2.15. The van der Waals surface area contributed by atoms with Gasteiger partial charge in [-0.25, -0.2) is 0 Å². The molecule has 0 aromatic heterocycles. The summed E-state index contributed by atoms with van der Waals surface area (Å²) in [6.07, 6.45) is -0.745. The SMILES string of the molecule is CC(=O)c1cccc(NC(=O)[C@@H](C)Oc2cccc(C#N)c2)c1. The second-order valence-corrected chi connectivity index (χ2v) is 5.03. The Morgan fingerprint density at radius 2 is 1.91 bits per heavy atom. The highest BCUT2D eigenvalue weighted by atomic mass is 16.5. The van der Waals surface area contributed by atoms with E-state index in [-0.39, 0.29) is 11.7 Å². The van der Waals surface area contributed by atoms with Crippen LogP contribution in [0.25, 0.3) is 0 Å². The van der Waals surface area contributed by atoms with Crippen LogP contribution in [0.5, 0.6) is 5.75 Å². The number of amides is 1. The van der Waals surface area contributed by atoms with E-state index in [1.165, 1.54) is 6.92 Å². The number of Topliss-reactive ketones (excluding diaryl/α,β-unsaturated/α-hetero) is 1. The average Bonchev–Trinajstić information content (AvgIpc) is 2.55. The molecule has 5 nitrogen and oxygen atoms in total. The van der Waals surface area contributed by atoms with Gasteiger partial charge >= 0.3 is 0 Å². The number of ketones is 1. The maximum Gasteiger partial charge on any atom is 0.265 e. The van der Waals surface area contributed by atoms with Crippen LogP contribution in [0.1, 0.15) is 29.8 Å². The molecule has 0 aliphatic rings. The molecule has 0 unspecified atom stereocenters. The van der Waals surface area contributed by atoms with Gasteiger partial charge in [0.05, 0.1) is 11.6 Å². The Balaban J connectivity index is 2.04. The third kappa shape index (κ3) is 4.42. The van der Waals surface area contributed by atoms with Crippen LogP contribution in [0, 0.1) is 11.3 Å². The summed E-state index contributed by atoms with van der Waals surface area (Å²) in [4.78, 5) is 23.5. The normalized spacial score (nSPS) is 11.2. The molecule has 0 bridgehead atoms. The molecule has 1 amide bonds. The van der Waals surface area contributed by atoms with Crippen molar-refractivity contribution in [1.82, 2.24) is 0 Å². The summed E-state index contributed by atoms with van der Waals surface area (Å²) in [7, 11) is 0. The van der Waals surface area contributed by atoms with Gasteiger partial charge in [0.25, 0.3) is 5.91 Å². The molecule has 2 aromatic rings. The van der Waals surface area contributed by atoms with Crippen LogP contribution in [0.2, 0.25) is 0 Å². The van der Waals surface area contributed by atoms with E-state index in [9.17, 15) is 9.59 Å². The Hall–Kier alpha value is -3.13. The van der Waals surface area contributed by atoms with E-state index in [4.69, 9.17) is 10.00 Å². The Bertz CT molecular complexity index is 778. The molecule has 0 radical (unpaired) electrons. The molecule has 5 heteroatoms. The summed E-state index contributed by atoms with van der Waals surface area (Å²) in [6, 6.07) is 15.3. The minimum absolute atomic E-state index is 0.0706. The molecule has 0 spiro atoms. The van der Waals surface area contributed by atoms with Crippen molar-refractivity contribution >= 4 is 17.4 Å². The van der Waals surface area contributed by atoms with E-state index in [2.05, 4.69) is 5.32 Å². The summed E-state index contributed by atoms with van der Waals surface area (Å²) in [5.74, 6) is 0.0379. The molecule has 0 saturated heterocycles. The number of rotatable bonds is 5. The van der Waals surface area contributed by atoms with Crippen molar-refractivity contribution in [3.05, 3.63) is 59.7 Å². The van der Waals surface area contributed by atoms with Crippen LogP contribution < -0.4 is 10.1 Å². The number of nitrogens with zero attached hydrogens (tertiary/aromatic N) is 1. The minimum atomic E-state index is -0.745. The number of hydrogen-bond acceptors (Lipinski definition) is 4. The van der Waals surface area contributed by atoms with E-state index in [1.54, 1.807) is 55.5 Å². The van der Waals surface area contributed by atoms with E-state index < -0.39 is 6.10 Å². The van der Waals surface area contributed by atoms with Crippen molar-refractivity contribution in [2.45, 2.75) is 20.0 Å². The zero-order valence-electron chi connectivity index (χ0n) is 12.9. The maximum absolute atomic E-state index is 12.2. The average molecular weight is 308 g/mol. The first-order chi connectivity index (χ1) is 11.0. The second-order valence-electron chi connectivity index (χ2n) is 5.03.